The lowest BCUT2D eigenvalue weighted by atomic mass is 9.59. The molecule has 0 spiro atoms. The molecule has 1 aliphatic heterocycles. The summed E-state index contributed by atoms with van der Waals surface area (Å²) in [5.74, 6) is -3.06. The summed E-state index contributed by atoms with van der Waals surface area (Å²) < 4.78 is 0.193. The maximum Gasteiger partial charge on any atom is 0.238 e. The second-order valence-corrected chi connectivity index (χ2v) is 10.6. The summed E-state index contributed by atoms with van der Waals surface area (Å²) in [6, 6.07) is 13.7. The lowest BCUT2D eigenvalue weighted by molar-refractivity contribution is -0.123. The Kier molecular flexibility index (Phi) is 5.49. The van der Waals surface area contributed by atoms with E-state index in [1.807, 2.05) is 18.2 Å². The lowest BCUT2D eigenvalue weighted by Crippen LogP contribution is -2.39. The van der Waals surface area contributed by atoms with Gasteiger partial charge in [-0.1, -0.05) is 48.6 Å². The van der Waals surface area contributed by atoms with Crippen molar-refractivity contribution in [3.8, 4) is 5.75 Å². The molecule has 6 rings (SSSR count). The molecule has 0 saturated carbocycles. The Morgan fingerprint density at radius 1 is 0.946 bits per heavy atom. The van der Waals surface area contributed by atoms with Crippen molar-refractivity contribution in [2.24, 2.45) is 17.8 Å². The first-order valence-corrected chi connectivity index (χ1v) is 12.9. The highest BCUT2D eigenvalue weighted by molar-refractivity contribution is 9.12. The van der Waals surface area contributed by atoms with E-state index in [4.69, 9.17) is 0 Å². The van der Waals surface area contributed by atoms with Crippen LogP contribution in [0.3, 0.4) is 0 Å². The number of aromatic hydroxyl groups is 1. The molecule has 0 bridgehead atoms. The van der Waals surface area contributed by atoms with Crippen LogP contribution in [0.25, 0.3) is 6.08 Å². The summed E-state index contributed by atoms with van der Waals surface area (Å²) in [6.07, 6.45) is 5.57. The van der Waals surface area contributed by atoms with Gasteiger partial charge >= 0.3 is 0 Å². The fraction of sp³-hybridized carbons (Fsp3) is 0.200. The van der Waals surface area contributed by atoms with Gasteiger partial charge in [0.15, 0.2) is 11.6 Å². The number of nitrogens with zero attached hydrogens (tertiary/aromatic N) is 1. The van der Waals surface area contributed by atoms with E-state index in [9.17, 15) is 24.3 Å². The highest BCUT2D eigenvalue weighted by atomic mass is 79.9. The highest BCUT2D eigenvalue weighted by Gasteiger charge is 2.56. The molecule has 4 aliphatic rings. The van der Waals surface area contributed by atoms with Crippen molar-refractivity contribution in [2.45, 2.75) is 18.8 Å². The second-order valence-electron chi connectivity index (χ2n) is 9.79. The Labute approximate surface area is 221 Å². The molecule has 1 saturated heterocycles. The van der Waals surface area contributed by atoms with Crippen LogP contribution in [-0.2, 0) is 19.2 Å². The topological polar surface area (TPSA) is 91.8 Å². The van der Waals surface area contributed by atoms with Crippen LogP contribution in [0.5, 0.6) is 5.75 Å². The zero-order valence-electron chi connectivity index (χ0n) is 19.7. The van der Waals surface area contributed by atoms with Gasteiger partial charge in [0.25, 0.3) is 0 Å². The summed E-state index contributed by atoms with van der Waals surface area (Å²) in [7, 11) is 0. The summed E-state index contributed by atoms with van der Waals surface area (Å²) >= 11 is 3.23. The number of carbonyl (C=O) groups excluding carboxylic acids is 4. The molecule has 0 aromatic heterocycles. The summed E-state index contributed by atoms with van der Waals surface area (Å²) in [5.41, 5.74) is 3.82. The highest BCUT2D eigenvalue weighted by Crippen LogP contribution is 2.55. The first-order valence-electron chi connectivity index (χ1n) is 12.1. The van der Waals surface area contributed by atoms with Crippen molar-refractivity contribution >= 4 is 51.1 Å². The second kappa shape index (κ2) is 8.63. The predicted octanol–water partition coefficient (Wildman–Crippen LogP) is 5.00. The number of allylic oxidation sites excluding steroid dienone is 6. The van der Waals surface area contributed by atoms with Crippen LogP contribution in [-0.4, -0.2) is 28.5 Å². The first kappa shape index (κ1) is 23.6. The van der Waals surface area contributed by atoms with Crippen LogP contribution >= 0.6 is 15.9 Å². The molecule has 2 aromatic rings. The van der Waals surface area contributed by atoms with Crippen LogP contribution in [0.2, 0.25) is 0 Å². The zero-order valence-corrected chi connectivity index (χ0v) is 21.3. The van der Waals surface area contributed by atoms with Crippen LogP contribution in [0.4, 0.5) is 5.69 Å². The van der Waals surface area contributed by atoms with Gasteiger partial charge in [-0.05, 0) is 70.1 Å². The van der Waals surface area contributed by atoms with Crippen LogP contribution in [0, 0.1) is 17.8 Å². The van der Waals surface area contributed by atoms with Crippen LogP contribution < -0.4 is 4.90 Å². The number of phenolic OH excluding ortho intramolecular Hbond substituents is 1. The Bertz CT molecular complexity index is 1500. The predicted molar refractivity (Wildman–Crippen MR) is 142 cm³/mol. The average molecular weight is 556 g/mol. The molecule has 184 valence electrons. The molecule has 1 fully saturated rings. The molecule has 4 atom stereocenters. The third kappa shape index (κ3) is 3.52. The number of carbonyl (C=O) groups is 4. The van der Waals surface area contributed by atoms with Gasteiger partial charge < -0.3 is 5.11 Å². The smallest absolute Gasteiger partial charge is 0.238 e. The standard InChI is InChI=1S/C30H22BrNO5/c1-2-15-3-7-17(8-4-15)32-29(36)20-12-11-19-21(26(20)30(32)37)13-22-27(24(34)14-23(31)28(22)35)25(19)16-5-9-18(33)10-6-16/h2-11,14,20-21,25-26,33H,1,12-13H2. The Balaban J connectivity index is 1.46. The first-order chi connectivity index (χ1) is 17.8. The van der Waals surface area contributed by atoms with E-state index in [0.717, 1.165) is 16.7 Å². The van der Waals surface area contributed by atoms with Gasteiger partial charge in [0.2, 0.25) is 11.8 Å². The van der Waals surface area contributed by atoms with E-state index in [1.54, 1.807) is 42.5 Å². The summed E-state index contributed by atoms with van der Waals surface area (Å²) in [5, 5.41) is 9.85. The molecular weight excluding hydrogens is 534 g/mol. The van der Waals surface area contributed by atoms with E-state index < -0.39 is 23.7 Å². The minimum atomic E-state index is -0.632. The normalized spacial score (nSPS) is 26.9. The van der Waals surface area contributed by atoms with Crippen LogP contribution in [0.15, 0.2) is 88.5 Å². The third-order valence-corrected chi connectivity index (χ3v) is 8.53. The van der Waals surface area contributed by atoms with Crippen molar-refractivity contribution < 1.29 is 24.3 Å². The van der Waals surface area contributed by atoms with Gasteiger partial charge in [0.05, 0.1) is 22.0 Å². The molecular formula is C30H22BrNO5. The van der Waals surface area contributed by atoms with Crippen molar-refractivity contribution in [1.82, 2.24) is 0 Å². The van der Waals surface area contributed by atoms with Gasteiger partial charge in [0.1, 0.15) is 5.75 Å². The number of hydrogen-bond donors (Lipinski definition) is 1. The number of imide groups is 1. The maximum atomic E-state index is 13.9. The molecule has 4 unspecified atom stereocenters. The van der Waals surface area contributed by atoms with E-state index in [0.29, 0.717) is 23.3 Å². The SMILES string of the molecule is C=Cc1ccc(N2C(=O)C3CC=C4C(c5ccc(O)cc5)C5=C(CC4C3C2=O)C(=O)C(Br)=CC5=O)cc1. The number of halogens is 1. The van der Waals surface area contributed by atoms with E-state index in [1.165, 1.54) is 11.0 Å². The lowest BCUT2D eigenvalue weighted by Gasteiger charge is -2.42. The Morgan fingerprint density at radius 2 is 1.65 bits per heavy atom. The van der Waals surface area contributed by atoms with Gasteiger partial charge in [-0.25, -0.2) is 0 Å². The van der Waals surface area contributed by atoms with Crippen LogP contribution in [0.1, 0.15) is 29.9 Å². The molecule has 1 N–H and O–H groups in total. The van der Waals surface area contributed by atoms with Crippen molar-refractivity contribution in [1.29, 1.82) is 0 Å². The molecule has 6 nitrogen and oxygen atoms in total. The number of ketones is 2. The molecule has 7 heteroatoms. The van der Waals surface area contributed by atoms with Gasteiger partial charge in [-0.3, -0.25) is 24.1 Å². The number of phenols is 1. The Morgan fingerprint density at radius 3 is 2.32 bits per heavy atom. The minimum absolute atomic E-state index is 0.0892. The average Bonchev–Trinajstić information content (AvgIpc) is 3.16. The largest absolute Gasteiger partial charge is 0.508 e. The summed E-state index contributed by atoms with van der Waals surface area (Å²) in [6.45, 7) is 3.75. The zero-order chi connectivity index (χ0) is 26.0. The number of Topliss-reactive ketones (excluding diaryl/α,β-unsaturated/α-hetero) is 1. The molecule has 3 aliphatic carbocycles. The van der Waals surface area contributed by atoms with Gasteiger partial charge in [0, 0.05) is 23.1 Å². The van der Waals surface area contributed by atoms with Gasteiger partial charge in [-0.15, -0.1) is 0 Å². The number of amides is 2. The van der Waals surface area contributed by atoms with Crippen molar-refractivity contribution in [3.05, 3.63) is 99.6 Å². The maximum absolute atomic E-state index is 13.9. The number of hydrogen-bond acceptors (Lipinski definition) is 5. The quantitative estimate of drug-likeness (QED) is 0.327. The molecule has 0 radical (unpaired) electrons. The monoisotopic (exact) mass is 555 g/mol. The van der Waals surface area contributed by atoms with E-state index >= 15 is 0 Å². The van der Waals surface area contributed by atoms with E-state index in [2.05, 4.69) is 22.5 Å². The molecule has 2 amide bonds. The summed E-state index contributed by atoms with van der Waals surface area (Å²) in [4.78, 5) is 55.1. The molecule has 37 heavy (non-hydrogen) atoms. The number of anilines is 1. The van der Waals surface area contributed by atoms with Crippen molar-refractivity contribution in [3.63, 3.8) is 0 Å². The van der Waals surface area contributed by atoms with Gasteiger partial charge in [-0.2, -0.15) is 0 Å². The molecule has 2 aromatic carbocycles. The third-order valence-electron chi connectivity index (χ3n) is 7.94. The fourth-order valence-electron chi connectivity index (χ4n) is 6.27. The minimum Gasteiger partial charge on any atom is -0.508 e. The Hall–Kier alpha value is -3.84. The van der Waals surface area contributed by atoms with E-state index in [-0.39, 0.29) is 40.0 Å². The fourth-order valence-corrected chi connectivity index (χ4v) is 6.71. The number of rotatable bonds is 3. The number of fused-ring (bicyclic) bond motifs is 3. The van der Waals surface area contributed by atoms with Crippen molar-refractivity contribution in [2.75, 3.05) is 4.90 Å². The molecule has 1 heterocycles. The number of benzene rings is 2.